The molecule has 0 saturated heterocycles. The molecule has 0 aliphatic heterocycles. The Hall–Kier alpha value is -4.64. The smallest absolute Gasteiger partial charge is 0.353 e. The monoisotopic (exact) mass is 631 g/mol. The highest BCUT2D eigenvalue weighted by atomic mass is 79.9. The summed E-state index contributed by atoms with van der Waals surface area (Å²) in [6.45, 7) is 6.30. The van der Waals surface area contributed by atoms with Crippen molar-refractivity contribution < 1.29 is 18.7 Å². The lowest BCUT2D eigenvalue weighted by atomic mass is 10.0. The molecule has 5 aromatic rings. The van der Waals surface area contributed by atoms with Gasteiger partial charge in [0.1, 0.15) is 24.3 Å². The van der Waals surface area contributed by atoms with Crippen molar-refractivity contribution in [2.24, 2.45) is 12.2 Å². The van der Waals surface area contributed by atoms with Crippen LogP contribution in [-0.2, 0) is 25.1 Å². The maximum atomic E-state index is 12.7. The maximum Gasteiger partial charge on any atom is 0.353 e. The molecule has 10 nitrogen and oxygen atoms in total. The molecule has 0 saturated carbocycles. The van der Waals surface area contributed by atoms with Crippen LogP contribution < -0.4 is 15.2 Å². The predicted octanol–water partition coefficient (Wildman–Crippen LogP) is 6.13. The first-order valence-electron chi connectivity index (χ1n) is 13.1. The average molecular weight is 633 g/mol. The zero-order chi connectivity index (χ0) is 29.8. The number of ether oxygens (including phenoxy) is 2. The number of aromatic nitrogens is 4. The molecule has 0 aliphatic carbocycles. The minimum atomic E-state index is -0.304. The van der Waals surface area contributed by atoms with Crippen LogP contribution in [0.5, 0.6) is 11.8 Å². The molecule has 0 atom stereocenters. The van der Waals surface area contributed by atoms with Crippen LogP contribution in [-0.4, -0.2) is 32.2 Å². The molecule has 0 N–H and O–H groups in total. The summed E-state index contributed by atoms with van der Waals surface area (Å²) >= 11 is 3.43. The van der Waals surface area contributed by atoms with Crippen molar-refractivity contribution in [2.75, 3.05) is 7.11 Å². The second-order valence-electron chi connectivity index (χ2n) is 9.68. The number of oxazole rings is 1. The van der Waals surface area contributed by atoms with Crippen molar-refractivity contribution in [2.45, 2.75) is 34.0 Å². The summed E-state index contributed by atoms with van der Waals surface area (Å²) in [7, 11) is 3.07. The topological polar surface area (TPSA) is 106 Å². The highest BCUT2D eigenvalue weighted by Crippen LogP contribution is 2.26. The Kier molecular flexibility index (Phi) is 8.58. The quantitative estimate of drug-likeness (QED) is 0.135. The summed E-state index contributed by atoms with van der Waals surface area (Å²) in [4.78, 5) is 22.8. The Balaban J connectivity index is 1.26. The second-order valence-corrected chi connectivity index (χ2v) is 10.6. The first kappa shape index (κ1) is 28.9. The predicted molar refractivity (Wildman–Crippen MR) is 162 cm³/mol. The summed E-state index contributed by atoms with van der Waals surface area (Å²) in [5.74, 6) is 1.26. The standard InChI is InChI=1S/C31H30BrN5O5/c1-19-15-28(40-16-23-8-6-7-9-27(23)37-30(39-5)34-36(4)31(37)38)20(2)14-26(19)21(3)35-42-18-25-17-41-29(33-25)22-10-12-24(32)13-11-22/h6-15,17H,16,18H2,1-5H3/b35-21+. The number of oxime groups is 1. The molecule has 0 aliphatic rings. The second kappa shape index (κ2) is 12.5. The first-order valence-corrected chi connectivity index (χ1v) is 13.9. The zero-order valence-corrected chi connectivity index (χ0v) is 25.5. The Morgan fingerprint density at radius 1 is 1.05 bits per heavy atom. The molecule has 5 rings (SSSR count). The third-order valence-corrected chi connectivity index (χ3v) is 7.19. The van der Waals surface area contributed by atoms with Gasteiger partial charge in [-0.1, -0.05) is 39.3 Å². The van der Waals surface area contributed by atoms with Gasteiger partial charge in [-0.05, 0) is 74.4 Å². The van der Waals surface area contributed by atoms with Crippen molar-refractivity contribution in [3.63, 3.8) is 0 Å². The van der Waals surface area contributed by atoms with E-state index in [0.29, 0.717) is 17.3 Å². The van der Waals surface area contributed by atoms with Gasteiger partial charge in [0.25, 0.3) is 0 Å². The van der Waals surface area contributed by atoms with Crippen LogP contribution in [0, 0.1) is 13.8 Å². The fourth-order valence-electron chi connectivity index (χ4n) is 4.46. The van der Waals surface area contributed by atoms with Gasteiger partial charge in [-0.2, -0.15) is 0 Å². The van der Waals surface area contributed by atoms with Gasteiger partial charge in [0.05, 0.1) is 18.5 Å². The minimum Gasteiger partial charge on any atom is -0.489 e. The molecule has 0 bridgehead atoms. The average Bonchev–Trinajstić information content (AvgIpc) is 3.57. The van der Waals surface area contributed by atoms with Crippen LogP contribution in [0.2, 0.25) is 0 Å². The van der Waals surface area contributed by atoms with Gasteiger partial charge < -0.3 is 18.7 Å². The lowest BCUT2D eigenvalue weighted by Crippen LogP contribution is -2.22. The lowest BCUT2D eigenvalue weighted by Gasteiger charge is -2.15. The summed E-state index contributed by atoms with van der Waals surface area (Å²) in [6.07, 6.45) is 1.57. The van der Waals surface area contributed by atoms with Gasteiger partial charge >= 0.3 is 11.7 Å². The third kappa shape index (κ3) is 6.15. The Morgan fingerprint density at radius 3 is 2.57 bits per heavy atom. The van der Waals surface area contributed by atoms with E-state index in [0.717, 1.165) is 43.8 Å². The number of methoxy groups -OCH3 is 1. The van der Waals surface area contributed by atoms with Gasteiger partial charge in [-0.15, -0.1) is 5.10 Å². The fraction of sp³-hybridized carbons (Fsp3) is 0.226. The molecule has 3 aromatic carbocycles. The molecule has 0 unspecified atom stereocenters. The Labute approximate surface area is 251 Å². The summed E-state index contributed by atoms with van der Waals surface area (Å²) in [5.41, 5.74) is 6.28. The SMILES string of the molecule is COc1nn(C)c(=O)n1-c1ccccc1COc1cc(C)c(/C(C)=N/OCc2coc(-c3ccc(Br)cc3)n2)cc1C. The van der Waals surface area contributed by atoms with Gasteiger partial charge in [0.15, 0.2) is 6.61 Å². The van der Waals surface area contributed by atoms with Crippen LogP contribution in [0.4, 0.5) is 0 Å². The summed E-state index contributed by atoms with van der Waals surface area (Å²) in [6, 6.07) is 19.4. The highest BCUT2D eigenvalue weighted by molar-refractivity contribution is 9.10. The van der Waals surface area contributed by atoms with Gasteiger partial charge in [0.2, 0.25) is 5.89 Å². The van der Waals surface area contributed by atoms with Crippen LogP contribution in [0.1, 0.15) is 34.9 Å². The van der Waals surface area contributed by atoms with Crippen molar-refractivity contribution in [3.05, 3.63) is 110 Å². The molecule has 11 heteroatoms. The molecule has 0 radical (unpaired) electrons. The van der Waals surface area contributed by atoms with E-state index in [2.05, 4.69) is 31.2 Å². The number of benzene rings is 3. The van der Waals surface area contributed by atoms with E-state index in [9.17, 15) is 4.79 Å². The van der Waals surface area contributed by atoms with Crippen LogP contribution >= 0.6 is 15.9 Å². The van der Waals surface area contributed by atoms with E-state index >= 15 is 0 Å². The van der Waals surface area contributed by atoms with E-state index < -0.39 is 0 Å². The summed E-state index contributed by atoms with van der Waals surface area (Å²) < 4.78 is 20.8. The van der Waals surface area contributed by atoms with E-state index in [1.54, 1.807) is 13.3 Å². The molecule has 216 valence electrons. The van der Waals surface area contributed by atoms with E-state index in [1.165, 1.54) is 16.4 Å². The number of rotatable bonds is 10. The summed E-state index contributed by atoms with van der Waals surface area (Å²) in [5, 5.41) is 8.46. The number of aryl methyl sites for hydroxylation is 3. The molecule has 42 heavy (non-hydrogen) atoms. The van der Waals surface area contributed by atoms with Crippen molar-refractivity contribution in [1.29, 1.82) is 0 Å². The minimum absolute atomic E-state index is 0.181. The van der Waals surface area contributed by atoms with Crippen molar-refractivity contribution >= 4 is 21.6 Å². The van der Waals surface area contributed by atoms with Crippen molar-refractivity contribution in [1.82, 2.24) is 19.3 Å². The molecule has 2 aromatic heterocycles. The van der Waals surface area contributed by atoms with Crippen molar-refractivity contribution in [3.8, 4) is 28.9 Å². The molecular formula is C31H30BrN5O5. The first-order chi connectivity index (χ1) is 20.2. The number of hydrogen-bond donors (Lipinski definition) is 0. The number of nitrogens with zero attached hydrogens (tertiary/aromatic N) is 5. The molecule has 0 spiro atoms. The Bertz CT molecular complexity index is 1800. The zero-order valence-electron chi connectivity index (χ0n) is 23.9. The van der Waals surface area contributed by atoms with Crippen LogP contribution in [0.25, 0.3) is 17.1 Å². The lowest BCUT2D eigenvalue weighted by molar-refractivity contribution is 0.127. The van der Waals surface area contributed by atoms with Crippen LogP contribution in [0.15, 0.2) is 85.8 Å². The maximum absolute atomic E-state index is 12.7. The van der Waals surface area contributed by atoms with E-state index in [-0.39, 0.29) is 24.9 Å². The van der Waals surface area contributed by atoms with Gasteiger partial charge in [-0.25, -0.2) is 19.0 Å². The Morgan fingerprint density at radius 2 is 1.81 bits per heavy atom. The number of halogens is 1. The van der Waals surface area contributed by atoms with Crippen LogP contribution in [0.3, 0.4) is 0 Å². The highest BCUT2D eigenvalue weighted by Gasteiger charge is 2.17. The number of hydrogen-bond acceptors (Lipinski definition) is 8. The fourth-order valence-corrected chi connectivity index (χ4v) is 4.73. The van der Waals surface area contributed by atoms with E-state index in [1.807, 2.05) is 81.4 Å². The normalized spacial score (nSPS) is 11.5. The molecule has 2 heterocycles. The third-order valence-electron chi connectivity index (χ3n) is 6.66. The van der Waals surface area contributed by atoms with Gasteiger partial charge in [0, 0.05) is 28.2 Å². The molecule has 0 fully saturated rings. The molecular weight excluding hydrogens is 602 g/mol. The van der Waals surface area contributed by atoms with Gasteiger partial charge in [-0.3, -0.25) is 0 Å². The van der Waals surface area contributed by atoms with E-state index in [4.69, 9.17) is 18.7 Å². The largest absolute Gasteiger partial charge is 0.489 e. The molecule has 0 amide bonds. The number of para-hydroxylation sites is 1.